The number of aryl methyl sites for hydroxylation is 1. The summed E-state index contributed by atoms with van der Waals surface area (Å²) in [6.45, 7) is 1.98. The van der Waals surface area contributed by atoms with Gasteiger partial charge in [0, 0.05) is 11.3 Å². The van der Waals surface area contributed by atoms with Gasteiger partial charge >= 0.3 is 0 Å². The molecule has 2 aliphatic rings. The van der Waals surface area contributed by atoms with Crippen LogP contribution in [0.2, 0.25) is 0 Å². The van der Waals surface area contributed by atoms with Crippen LogP contribution in [0.4, 0.5) is 11.6 Å². The molecule has 0 bridgehead atoms. The number of hydrogen-bond donors (Lipinski definition) is 3. The molecule has 4 N–H and O–H groups in total. The molecule has 1 unspecified atom stereocenters. The maximum absolute atomic E-state index is 13.0. The van der Waals surface area contributed by atoms with Crippen LogP contribution in [-0.4, -0.2) is 21.4 Å². The van der Waals surface area contributed by atoms with E-state index in [1.807, 2.05) is 54.0 Å². The summed E-state index contributed by atoms with van der Waals surface area (Å²) in [6, 6.07) is 13.5. The van der Waals surface area contributed by atoms with Gasteiger partial charge in [0.15, 0.2) is 5.96 Å². The number of nitrogens with two attached hydrogens (primary N) is 1. The Morgan fingerprint density at radius 3 is 2.88 bits per heavy atom. The van der Waals surface area contributed by atoms with Gasteiger partial charge in [-0.25, -0.2) is 9.98 Å². The highest BCUT2D eigenvalue weighted by atomic mass is 16.2. The smallest absolute Gasteiger partial charge is 0.278 e. The highest BCUT2D eigenvalue weighted by Crippen LogP contribution is 2.45. The minimum absolute atomic E-state index is 0.169. The molecule has 24 heavy (non-hydrogen) atoms. The zero-order valence-electron chi connectivity index (χ0n) is 12.9. The molecular weight excluding hydrogens is 304 g/mol. The van der Waals surface area contributed by atoms with Crippen LogP contribution in [0.25, 0.3) is 11.0 Å². The lowest BCUT2D eigenvalue weighted by molar-refractivity contribution is -0.121. The molecule has 1 spiro atoms. The van der Waals surface area contributed by atoms with Crippen molar-refractivity contribution >= 4 is 34.5 Å². The molecule has 2 aromatic carbocycles. The lowest BCUT2D eigenvalue weighted by Crippen LogP contribution is -2.47. The standard InChI is InChI=1S/C17H14N6O/c1-9-6-7-11-10(8-9)17(14(24)19-11)22-15(18)21-16-20-12-4-2-3-5-13(12)23(16)17/h2-8H,1H3,(H,19,24)(H3,18,20,21,22). The Morgan fingerprint density at radius 1 is 1.17 bits per heavy atom. The quantitative estimate of drug-likeness (QED) is 0.588. The van der Waals surface area contributed by atoms with Gasteiger partial charge in [0.2, 0.25) is 11.6 Å². The van der Waals surface area contributed by atoms with E-state index >= 15 is 0 Å². The van der Waals surface area contributed by atoms with Crippen molar-refractivity contribution < 1.29 is 4.79 Å². The molecule has 0 aliphatic carbocycles. The predicted molar refractivity (Wildman–Crippen MR) is 91.9 cm³/mol. The van der Waals surface area contributed by atoms with E-state index in [1.165, 1.54) is 0 Å². The van der Waals surface area contributed by atoms with Crippen LogP contribution in [0.3, 0.4) is 0 Å². The number of rotatable bonds is 0. The summed E-state index contributed by atoms with van der Waals surface area (Å²) in [6.07, 6.45) is 0. The van der Waals surface area contributed by atoms with Crippen LogP contribution in [0.15, 0.2) is 47.5 Å². The van der Waals surface area contributed by atoms with E-state index in [1.54, 1.807) is 0 Å². The van der Waals surface area contributed by atoms with Crippen LogP contribution in [0.1, 0.15) is 11.1 Å². The number of carbonyl (C=O) groups is 1. The van der Waals surface area contributed by atoms with Crippen LogP contribution >= 0.6 is 0 Å². The van der Waals surface area contributed by atoms with E-state index in [0.29, 0.717) is 5.95 Å². The Kier molecular flexibility index (Phi) is 2.26. The number of aliphatic imine (C=N–C) groups is 1. The number of anilines is 2. The first-order valence-electron chi connectivity index (χ1n) is 7.62. The fraction of sp³-hybridized carbons (Fsp3) is 0.118. The molecule has 7 heteroatoms. The number of amides is 1. The number of para-hydroxylation sites is 2. The maximum atomic E-state index is 13.0. The Hall–Kier alpha value is -3.35. The van der Waals surface area contributed by atoms with Gasteiger partial charge in [-0.05, 0) is 31.2 Å². The third-order valence-corrected chi connectivity index (χ3v) is 4.52. The molecule has 5 rings (SSSR count). The van der Waals surface area contributed by atoms with Crippen LogP contribution < -0.4 is 16.4 Å². The summed E-state index contributed by atoms with van der Waals surface area (Å²) in [5, 5.41) is 5.89. The Labute approximate surface area is 137 Å². The minimum Gasteiger partial charge on any atom is -0.370 e. The van der Waals surface area contributed by atoms with Crippen molar-refractivity contribution in [2.24, 2.45) is 10.7 Å². The van der Waals surface area contributed by atoms with Gasteiger partial charge in [-0.1, -0.05) is 23.8 Å². The lowest BCUT2D eigenvalue weighted by atomic mass is 9.98. The van der Waals surface area contributed by atoms with E-state index in [-0.39, 0.29) is 11.9 Å². The molecule has 3 heterocycles. The van der Waals surface area contributed by atoms with E-state index < -0.39 is 5.66 Å². The summed E-state index contributed by atoms with van der Waals surface area (Å²) in [4.78, 5) is 22.1. The second-order valence-corrected chi connectivity index (χ2v) is 6.06. The highest BCUT2D eigenvalue weighted by Gasteiger charge is 2.52. The molecule has 7 nitrogen and oxygen atoms in total. The van der Waals surface area contributed by atoms with E-state index in [2.05, 4.69) is 20.6 Å². The van der Waals surface area contributed by atoms with Gasteiger partial charge < -0.3 is 11.1 Å². The third kappa shape index (κ3) is 1.43. The third-order valence-electron chi connectivity index (χ3n) is 4.52. The molecule has 1 amide bonds. The maximum Gasteiger partial charge on any atom is 0.278 e. The molecule has 0 radical (unpaired) electrons. The first kappa shape index (κ1) is 13.1. The van der Waals surface area contributed by atoms with Crippen molar-refractivity contribution in [1.82, 2.24) is 9.55 Å². The number of fused-ring (bicyclic) bond motifs is 6. The van der Waals surface area contributed by atoms with Gasteiger partial charge in [0.05, 0.1) is 11.0 Å². The SMILES string of the molecule is Cc1ccc2c(c1)C1(N=C(N)Nc3nc4ccccc4n31)C(=O)N2. The number of benzene rings is 2. The number of nitrogens with one attached hydrogen (secondary N) is 2. The number of imidazole rings is 1. The first-order valence-corrected chi connectivity index (χ1v) is 7.62. The van der Waals surface area contributed by atoms with Crippen molar-refractivity contribution in [1.29, 1.82) is 0 Å². The summed E-state index contributed by atoms with van der Waals surface area (Å²) in [7, 11) is 0. The van der Waals surface area contributed by atoms with Crippen molar-refractivity contribution in [2.45, 2.75) is 12.6 Å². The van der Waals surface area contributed by atoms with E-state index in [4.69, 9.17) is 5.73 Å². The zero-order chi connectivity index (χ0) is 16.5. The Bertz CT molecular complexity index is 1070. The van der Waals surface area contributed by atoms with Crippen molar-refractivity contribution in [2.75, 3.05) is 10.6 Å². The van der Waals surface area contributed by atoms with Gasteiger partial charge in [-0.2, -0.15) is 0 Å². The average molecular weight is 318 g/mol. The number of nitrogens with zero attached hydrogens (tertiary/aromatic N) is 3. The molecule has 0 saturated carbocycles. The number of aromatic nitrogens is 2. The van der Waals surface area contributed by atoms with Crippen LogP contribution in [-0.2, 0) is 10.5 Å². The van der Waals surface area contributed by atoms with Gasteiger partial charge in [0.25, 0.3) is 5.91 Å². The second-order valence-electron chi connectivity index (χ2n) is 6.06. The molecule has 2 aliphatic heterocycles. The summed E-state index contributed by atoms with van der Waals surface area (Å²) < 4.78 is 1.82. The van der Waals surface area contributed by atoms with E-state index in [9.17, 15) is 4.79 Å². The predicted octanol–water partition coefficient (Wildman–Crippen LogP) is 1.74. The van der Waals surface area contributed by atoms with Crippen LogP contribution in [0.5, 0.6) is 0 Å². The number of carbonyl (C=O) groups excluding carboxylic acids is 1. The fourth-order valence-electron chi connectivity index (χ4n) is 3.52. The largest absolute Gasteiger partial charge is 0.370 e. The van der Waals surface area contributed by atoms with Gasteiger partial charge in [0.1, 0.15) is 0 Å². The minimum atomic E-state index is -1.28. The van der Waals surface area contributed by atoms with E-state index in [0.717, 1.165) is 27.8 Å². The molecule has 3 aromatic rings. The zero-order valence-corrected chi connectivity index (χ0v) is 12.9. The Morgan fingerprint density at radius 2 is 2.00 bits per heavy atom. The van der Waals surface area contributed by atoms with Crippen molar-refractivity contribution in [3.63, 3.8) is 0 Å². The van der Waals surface area contributed by atoms with Gasteiger partial charge in [-0.15, -0.1) is 0 Å². The molecule has 1 atom stereocenters. The number of hydrogen-bond acceptors (Lipinski definition) is 5. The Balaban J connectivity index is 1.94. The monoisotopic (exact) mass is 318 g/mol. The molecule has 1 aromatic heterocycles. The molecular formula is C17H14N6O. The molecule has 0 saturated heterocycles. The first-order chi connectivity index (χ1) is 11.6. The van der Waals surface area contributed by atoms with Crippen molar-refractivity contribution in [3.05, 3.63) is 53.6 Å². The van der Waals surface area contributed by atoms with Gasteiger partial charge in [-0.3, -0.25) is 14.7 Å². The van der Waals surface area contributed by atoms with Crippen LogP contribution in [0, 0.1) is 6.92 Å². The molecule has 0 fully saturated rings. The topological polar surface area (TPSA) is 97.3 Å². The summed E-state index contributed by atoms with van der Waals surface area (Å²) in [5.74, 6) is 0.437. The second kappa shape index (κ2) is 4.14. The average Bonchev–Trinajstić information content (AvgIpc) is 3.04. The molecule has 118 valence electrons. The fourth-order valence-corrected chi connectivity index (χ4v) is 3.52. The lowest BCUT2D eigenvalue weighted by Gasteiger charge is -2.31. The summed E-state index contributed by atoms with van der Waals surface area (Å²) >= 11 is 0. The number of guanidine groups is 1. The normalized spacial score (nSPS) is 21.2. The highest BCUT2D eigenvalue weighted by molar-refractivity contribution is 6.10. The van der Waals surface area contributed by atoms with Crippen molar-refractivity contribution in [3.8, 4) is 0 Å². The summed E-state index contributed by atoms with van der Waals surface area (Å²) in [5.41, 5.74) is 8.88.